The molecule has 1 aromatic rings. The lowest BCUT2D eigenvalue weighted by atomic mass is 9.93. The van der Waals surface area contributed by atoms with Gasteiger partial charge in [0.05, 0.1) is 31.4 Å². The molecule has 3 N–H and O–H groups in total. The van der Waals surface area contributed by atoms with Crippen LogP contribution in [0.4, 0.5) is 0 Å². The Kier molecular flexibility index (Phi) is 10.8. The lowest BCUT2D eigenvalue weighted by molar-refractivity contribution is -0.141. The van der Waals surface area contributed by atoms with Gasteiger partial charge in [0.15, 0.2) is 5.78 Å². The van der Waals surface area contributed by atoms with Crippen LogP contribution in [0.5, 0.6) is 5.75 Å². The molecule has 12 nitrogen and oxygen atoms in total. The average molecular weight is 601 g/mol. The number of hydrogen-bond donors (Lipinski definition) is 3. The first-order chi connectivity index (χ1) is 20.5. The third-order valence-electron chi connectivity index (χ3n) is 7.98. The molecule has 0 saturated carbocycles. The number of carbonyl (C=O) groups is 5. The van der Waals surface area contributed by atoms with Crippen molar-refractivity contribution in [1.29, 1.82) is 0 Å². The van der Waals surface area contributed by atoms with Gasteiger partial charge in [-0.25, -0.2) is 0 Å². The Morgan fingerprint density at radius 2 is 1.81 bits per heavy atom. The molecule has 43 heavy (non-hydrogen) atoms. The van der Waals surface area contributed by atoms with Crippen LogP contribution in [-0.4, -0.2) is 97.1 Å². The van der Waals surface area contributed by atoms with Crippen LogP contribution in [0.25, 0.3) is 0 Å². The normalized spacial score (nSPS) is 27.9. The lowest BCUT2D eigenvalue weighted by Crippen LogP contribution is -2.58. The Labute approximate surface area is 252 Å². The third kappa shape index (κ3) is 8.32. The molecule has 1 aromatic carbocycles. The standard InChI is InChI=1S/C31H44N4O8/c1-19(2)16-22(26(36)31(4)18-43-31)33-28(38)23-17-41-14-7-8-15-42-25-12-6-5-10-21(25)27(37)32-20(3)30(40)35-13-9-11-24(35)29(39)34-23/h5-6,10,12,19-20,22-24H,7-9,11,13-18H2,1-4H3,(H,32,37)(H,33,38)(H,34,39)/t20-,22-,23-,24-,31+/m0/s1. The molecule has 0 radical (unpaired) electrons. The summed E-state index contributed by atoms with van der Waals surface area (Å²) >= 11 is 0. The minimum absolute atomic E-state index is 0.106. The van der Waals surface area contributed by atoms with Gasteiger partial charge in [0.1, 0.15) is 29.5 Å². The molecular formula is C31H44N4O8. The molecule has 0 aliphatic carbocycles. The highest BCUT2D eigenvalue weighted by Gasteiger charge is 2.50. The zero-order chi connectivity index (χ0) is 31.1. The fourth-order valence-electron chi connectivity index (χ4n) is 5.40. The van der Waals surface area contributed by atoms with Crippen LogP contribution in [0.3, 0.4) is 0 Å². The Morgan fingerprint density at radius 1 is 1.09 bits per heavy atom. The molecule has 4 amide bonds. The molecule has 0 spiro atoms. The van der Waals surface area contributed by atoms with Crippen molar-refractivity contribution in [3.63, 3.8) is 0 Å². The van der Waals surface area contributed by atoms with Crippen LogP contribution in [0, 0.1) is 5.92 Å². The maximum Gasteiger partial charge on any atom is 0.255 e. The maximum absolute atomic E-state index is 13.5. The molecule has 4 rings (SSSR count). The minimum atomic E-state index is -1.08. The molecule has 12 heteroatoms. The molecule has 3 aliphatic heterocycles. The van der Waals surface area contributed by atoms with Crippen molar-refractivity contribution in [2.24, 2.45) is 5.92 Å². The van der Waals surface area contributed by atoms with Gasteiger partial charge < -0.3 is 35.1 Å². The summed E-state index contributed by atoms with van der Waals surface area (Å²) in [6.45, 7) is 8.37. The summed E-state index contributed by atoms with van der Waals surface area (Å²) < 4.78 is 17.0. The first kappa shape index (κ1) is 32.4. The molecule has 236 valence electrons. The van der Waals surface area contributed by atoms with Gasteiger partial charge in [0, 0.05) is 13.2 Å². The van der Waals surface area contributed by atoms with Gasteiger partial charge in [-0.1, -0.05) is 26.0 Å². The predicted molar refractivity (Wildman–Crippen MR) is 156 cm³/mol. The number of para-hydroxylation sites is 1. The van der Waals surface area contributed by atoms with Crippen molar-refractivity contribution in [2.75, 3.05) is 33.0 Å². The number of benzene rings is 1. The molecule has 2 fully saturated rings. The first-order valence-corrected chi connectivity index (χ1v) is 15.2. The van der Waals surface area contributed by atoms with E-state index < -0.39 is 53.4 Å². The van der Waals surface area contributed by atoms with E-state index >= 15 is 0 Å². The summed E-state index contributed by atoms with van der Waals surface area (Å²) in [4.78, 5) is 68.1. The van der Waals surface area contributed by atoms with Crippen molar-refractivity contribution in [1.82, 2.24) is 20.9 Å². The van der Waals surface area contributed by atoms with Crippen LogP contribution in [0.1, 0.15) is 70.2 Å². The highest BCUT2D eigenvalue weighted by molar-refractivity contribution is 6.01. The summed E-state index contributed by atoms with van der Waals surface area (Å²) in [5, 5.41) is 8.35. The molecule has 5 atom stereocenters. The minimum Gasteiger partial charge on any atom is -0.493 e. The van der Waals surface area contributed by atoms with Crippen LogP contribution < -0.4 is 20.7 Å². The van der Waals surface area contributed by atoms with Crippen LogP contribution in [-0.2, 0) is 28.7 Å². The Bertz CT molecular complexity index is 1200. The SMILES string of the molecule is CC(C)C[C@H](NC(=O)[C@@H]1COCCCCOc2ccccc2C(=O)N[C@@H](C)C(=O)N2CCC[C@H]2C(=O)N1)C(=O)[C@@]1(C)CO1. The monoisotopic (exact) mass is 600 g/mol. The van der Waals surface area contributed by atoms with Crippen molar-refractivity contribution in [3.05, 3.63) is 29.8 Å². The number of ether oxygens (including phenoxy) is 3. The number of rotatable bonds is 6. The van der Waals surface area contributed by atoms with Crippen molar-refractivity contribution < 1.29 is 38.2 Å². The number of ketones is 1. The zero-order valence-electron chi connectivity index (χ0n) is 25.5. The number of carbonyl (C=O) groups excluding carboxylic acids is 5. The number of amides is 4. The Balaban J connectivity index is 1.52. The quantitative estimate of drug-likeness (QED) is 0.414. The van der Waals surface area contributed by atoms with E-state index in [1.54, 1.807) is 38.1 Å². The van der Waals surface area contributed by atoms with E-state index in [2.05, 4.69) is 16.0 Å². The second kappa shape index (κ2) is 14.3. The Hall–Kier alpha value is -3.51. The highest BCUT2D eigenvalue weighted by atomic mass is 16.6. The van der Waals surface area contributed by atoms with E-state index in [-0.39, 0.29) is 18.3 Å². The number of Topliss-reactive ketones (excluding diaryl/α,β-unsaturated/α-hetero) is 1. The fourth-order valence-corrected chi connectivity index (χ4v) is 5.40. The van der Waals surface area contributed by atoms with E-state index in [0.717, 1.165) is 0 Å². The van der Waals surface area contributed by atoms with Gasteiger partial charge in [-0.2, -0.15) is 0 Å². The van der Waals surface area contributed by atoms with Crippen LogP contribution >= 0.6 is 0 Å². The van der Waals surface area contributed by atoms with Gasteiger partial charge in [-0.3, -0.25) is 24.0 Å². The van der Waals surface area contributed by atoms with E-state index in [4.69, 9.17) is 14.2 Å². The number of fused-ring (bicyclic) bond motifs is 2. The lowest BCUT2D eigenvalue weighted by Gasteiger charge is -2.29. The molecule has 2 saturated heterocycles. The summed E-state index contributed by atoms with van der Waals surface area (Å²) in [5.41, 5.74) is -0.593. The van der Waals surface area contributed by atoms with Gasteiger partial charge in [-0.15, -0.1) is 0 Å². The highest BCUT2D eigenvalue weighted by Crippen LogP contribution is 2.30. The molecule has 0 bridgehead atoms. The number of hydrogen-bond acceptors (Lipinski definition) is 8. The predicted octanol–water partition coefficient (Wildman–Crippen LogP) is 1.36. The molecule has 3 aliphatic rings. The summed E-state index contributed by atoms with van der Waals surface area (Å²) in [6.07, 6.45) is 2.66. The second-order valence-corrected chi connectivity index (χ2v) is 12.1. The van der Waals surface area contributed by atoms with E-state index in [1.165, 1.54) is 4.90 Å². The van der Waals surface area contributed by atoms with Gasteiger partial charge in [0.2, 0.25) is 17.7 Å². The van der Waals surface area contributed by atoms with Gasteiger partial charge in [0.25, 0.3) is 5.91 Å². The summed E-state index contributed by atoms with van der Waals surface area (Å²) in [5.74, 6) is -1.54. The first-order valence-electron chi connectivity index (χ1n) is 15.2. The number of nitrogens with zero attached hydrogens (tertiary/aromatic N) is 1. The molecule has 3 heterocycles. The van der Waals surface area contributed by atoms with E-state index in [9.17, 15) is 24.0 Å². The molecule has 0 aromatic heterocycles. The van der Waals surface area contributed by atoms with Gasteiger partial charge >= 0.3 is 0 Å². The zero-order valence-corrected chi connectivity index (χ0v) is 25.5. The van der Waals surface area contributed by atoms with Crippen molar-refractivity contribution in [2.45, 2.75) is 89.6 Å². The van der Waals surface area contributed by atoms with Crippen LogP contribution in [0.2, 0.25) is 0 Å². The maximum atomic E-state index is 13.5. The summed E-state index contributed by atoms with van der Waals surface area (Å²) in [6, 6.07) is 3.26. The topological polar surface area (TPSA) is 156 Å². The third-order valence-corrected chi connectivity index (χ3v) is 7.98. The number of epoxide rings is 1. The smallest absolute Gasteiger partial charge is 0.255 e. The van der Waals surface area contributed by atoms with Gasteiger partial charge in [-0.05, 0) is 64.0 Å². The van der Waals surface area contributed by atoms with Crippen LogP contribution in [0.15, 0.2) is 24.3 Å². The van der Waals surface area contributed by atoms with E-state index in [0.29, 0.717) is 69.8 Å². The number of nitrogens with one attached hydrogen (secondary N) is 3. The summed E-state index contributed by atoms with van der Waals surface area (Å²) in [7, 11) is 0. The average Bonchev–Trinajstić information content (AvgIpc) is 3.53. The Morgan fingerprint density at radius 3 is 2.53 bits per heavy atom. The fraction of sp³-hybridized carbons (Fsp3) is 0.645. The molecular weight excluding hydrogens is 556 g/mol. The molecule has 0 unspecified atom stereocenters. The van der Waals surface area contributed by atoms with Crippen molar-refractivity contribution in [3.8, 4) is 5.75 Å². The largest absolute Gasteiger partial charge is 0.493 e. The van der Waals surface area contributed by atoms with Crippen molar-refractivity contribution >= 4 is 29.4 Å². The van der Waals surface area contributed by atoms with E-state index in [1.807, 2.05) is 13.8 Å². The second-order valence-electron chi connectivity index (χ2n) is 12.1.